The lowest BCUT2D eigenvalue weighted by Crippen LogP contribution is -1.96. The minimum absolute atomic E-state index is 0.0598. The van der Waals surface area contributed by atoms with Gasteiger partial charge in [-0.3, -0.25) is 4.79 Å². The van der Waals surface area contributed by atoms with Crippen LogP contribution in [0.1, 0.15) is 28.4 Å². The lowest BCUT2D eigenvalue weighted by Gasteiger charge is -2.01. The number of carbonyl (C=O) groups is 1. The predicted molar refractivity (Wildman–Crippen MR) is 49.1 cm³/mol. The standard InChI is InChI=1S/C11H10O/c1-4-10-6-5-8(2)11(7-10)9(3)12/h1,5-7H,2-3H3. The maximum absolute atomic E-state index is 11.1. The van der Waals surface area contributed by atoms with Gasteiger partial charge in [0.05, 0.1) is 0 Å². The van der Waals surface area contributed by atoms with Crippen molar-refractivity contribution in [1.29, 1.82) is 0 Å². The monoisotopic (exact) mass is 158 g/mol. The SMILES string of the molecule is C#Cc1ccc(C)c(C(C)=O)c1. The van der Waals surface area contributed by atoms with E-state index in [4.69, 9.17) is 6.42 Å². The van der Waals surface area contributed by atoms with E-state index in [-0.39, 0.29) is 5.78 Å². The van der Waals surface area contributed by atoms with Gasteiger partial charge in [-0.25, -0.2) is 0 Å². The van der Waals surface area contributed by atoms with Gasteiger partial charge in [0.2, 0.25) is 0 Å². The fourth-order valence-electron chi connectivity index (χ4n) is 1.09. The summed E-state index contributed by atoms with van der Waals surface area (Å²) in [5, 5.41) is 0. The third-order valence-electron chi connectivity index (χ3n) is 1.78. The lowest BCUT2D eigenvalue weighted by atomic mass is 10.0. The average molecular weight is 158 g/mol. The number of ketones is 1. The van der Waals surface area contributed by atoms with Gasteiger partial charge in [-0.2, -0.15) is 0 Å². The van der Waals surface area contributed by atoms with Crippen molar-refractivity contribution in [3.8, 4) is 12.3 Å². The number of terminal acetylenes is 1. The van der Waals surface area contributed by atoms with Crippen molar-refractivity contribution in [2.45, 2.75) is 13.8 Å². The number of aryl methyl sites for hydroxylation is 1. The molecule has 1 nitrogen and oxygen atoms in total. The molecule has 0 amide bonds. The number of rotatable bonds is 1. The highest BCUT2D eigenvalue weighted by atomic mass is 16.1. The van der Waals surface area contributed by atoms with Gasteiger partial charge in [0, 0.05) is 11.1 Å². The fraction of sp³-hybridized carbons (Fsp3) is 0.182. The van der Waals surface area contributed by atoms with Gasteiger partial charge in [0.25, 0.3) is 0 Å². The molecule has 0 heterocycles. The summed E-state index contributed by atoms with van der Waals surface area (Å²) in [6, 6.07) is 5.45. The quantitative estimate of drug-likeness (QED) is 0.452. The fourth-order valence-corrected chi connectivity index (χ4v) is 1.09. The minimum Gasteiger partial charge on any atom is -0.295 e. The van der Waals surface area contributed by atoms with Crippen LogP contribution in [0.5, 0.6) is 0 Å². The van der Waals surface area contributed by atoms with Crippen LogP contribution in [0.4, 0.5) is 0 Å². The van der Waals surface area contributed by atoms with E-state index >= 15 is 0 Å². The van der Waals surface area contributed by atoms with Crippen LogP contribution in [0.25, 0.3) is 0 Å². The van der Waals surface area contributed by atoms with E-state index in [9.17, 15) is 4.79 Å². The largest absolute Gasteiger partial charge is 0.295 e. The Kier molecular flexibility index (Phi) is 2.30. The molecule has 0 aliphatic rings. The first-order valence-electron chi connectivity index (χ1n) is 3.73. The van der Waals surface area contributed by atoms with Crippen LogP contribution >= 0.6 is 0 Å². The summed E-state index contributed by atoms with van der Waals surface area (Å²) in [7, 11) is 0. The second-order valence-corrected chi connectivity index (χ2v) is 2.73. The van der Waals surface area contributed by atoms with Crippen molar-refractivity contribution in [3.63, 3.8) is 0 Å². The first kappa shape index (κ1) is 8.55. The summed E-state index contributed by atoms with van der Waals surface area (Å²) >= 11 is 0. The summed E-state index contributed by atoms with van der Waals surface area (Å²) in [6.45, 7) is 3.44. The van der Waals surface area contributed by atoms with Crippen LogP contribution in [0.2, 0.25) is 0 Å². The van der Waals surface area contributed by atoms with E-state index in [0.29, 0.717) is 5.56 Å². The van der Waals surface area contributed by atoms with E-state index in [1.165, 1.54) is 0 Å². The smallest absolute Gasteiger partial charge is 0.160 e. The normalized spacial score (nSPS) is 9.08. The molecule has 1 rings (SSSR count). The Bertz CT molecular complexity index is 356. The molecule has 0 bridgehead atoms. The maximum atomic E-state index is 11.1. The Labute approximate surface area is 72.4 Å². The molecule has 0 saturated carbocycles. The second-order valence-electron chi connectivity index (χ2n) is 2.73. The topological polar surface area (TPSA) is 17.1 Å². The van der Waals surface area contributed by atoms with E-state index in [0.717, 1.165) is 11.1 Å². The Balaban J connectivity index is 3.28. The maximum Gasteiger partial charge on any atom is 0.160 e. The first-order valence-corrected chi connectivity index (χ1v) is 3.73. The highest BCUT2D eigenvalue weighted by Crippen LogP contribution is 2.10. The number of carbonyl (C=O) groups excluding carboxylic acids is 1. The molecule has 1 heteroatoms. The van der Waals surface area contributed by atoms with Gasteiger partial charge in [-0.1, -0.05) is 12.0 Å². The Morgan fingerprint density at radius 3 is 2.67 bits per heavy atom. The molecule has 0 aliphatic heterocycles. The third-order valence-corrected chi connectivity index (χ3v) is 1.78. The number of hydrogen-bond acceptors (Lipinski definition) is 1. The van der Waals surface area contributed by atoms with E-state index in [2.05, 4.69) is 5.92 Å². The molecule has 0 spiro atoms. The molecule has 0 atom stereocenters. The minimum atomic E-state index is 0.0598. The predicted octanol–water partition coefficient (Wildman–Crippen LogP) is 2.18. The van der Waals surface area contributed by atoms with Gasteiger partial charge in [-0.15, -0.1) is 6.42 Å². The highest BCUT2D eigenvalue weighted by Gasteiger charge is 2.03. The van der Waals surface area contributed by atoms with Crippen LogP contribution in [0, 0.1) is 19.3 Å². The molecule has 1 aromatic carbocycles. The summed E-state index contributed by atoms with van der Waals surface area (Å²) in [5.41, 5.74) is 2.44. The van der Waals surface area contributed by atoms with Crippen molar-refractivity contribution in [2.24, 2.45) is 0 Å². The molecule has 0 radical (unpaired) electrons. The van der Waals surface area contributed by atoms with Crippen LogP contribution < -0.4 is 0 Å². The molecule has 60 valence electrons. The molecule has 0 aliphatic carbocycles. The van der Waals surface area contributed by atoms with Crippen molar-refractivity contribution < 1.29 is 4.79 Å². The highest BCUT2D eigenvalue weighted by molar-refractivity contribution is 5.95. The van der Waals surface area contributed by atoms with Gasteiger partial charge in [0.15, 0.2) is 5.78 Å². The summed E-state index contributed by atoms with van der Waals surface area (Å²) in [5.74, 6) is 2.56. The average Bonchev–Trinajstić information content (AvgIpc) is 2.05. The zero-order valence-corrected chi connectivity index (χ0v) is 7.22. The van der Waals surface area contributed by atoms with Crippen LogP contribution in [-0.2, 0) is 0 Å². The van der Waals surface area contributed by atoms with Gasteiger partial charge in [0.1, 0.15) is 0 Å². The molecular formula is C11H10O. The number of Topliss-reactive ketones (excluding diaryl/α,β-unsaturated/α-hetero) is 1. The molecular weight excluding hydrogens is 148 g/mol. The molecule has 1 aromatic rings. The van der Waals surface area contributed by atoms with E-state index in [1.807, 2.05) is 19.1 Å². The van der Waals surface area contributed by atoms with Gasteiger partial charge >= 0.3 is 0 Å². The zero-order chi connectivity index (χ0) is 9.14. The van der Waals surface area contributed by atoms with Gasteiger partial charge in [-0.05, 0) is 31.5 Å². The Hall–Kier alpha value is -1.55. The molecule has 0 fully saturated rings. The Morgan fingerprint density at radius 1 is 1.50 bits per heavy atom. The van der Waals surface area contributed by atoms with Crippen molar-refractivity contribution in [1.82, 2.24) is 0 Å². The molecule has 0 aromatic heterocycles. The zero-order valence-electron chi connectivity index (χ0n) is 7.22. The van der Waals surface area contributed by atoms with Crippen LogP contribution in [0.3, 0.4) is 0 Å². The summed E-state index contributed by atoms with van der Waals surface area (Å²) < 4.78 is 0. The van der Waals surface area contributed by atoms with E-state index < -0.39 is 0 Å². The third kappa shape index (κ3) is 1.54. The molecule has 0 saturated heterocycles. The van der Waals surface area contributed by atoms with Crippen molar-refractivity contribution in [2.75, 3.05) is 0 Å². The van der Waals surface area contributed by atoms with Crippen molar-refractivity contribution >= 4 is 5.78 Å². The molecule has 0 unspecified atom stereocenters. The Morgan fingerprint density at radius 2 is 2.17 bits per heavy atom. The van der Waals surface area contributed by atoms with Crippen LogP contribution in [-0.4, -0.2) is 5.78 Å². The summed E-state index contributed by atoms with van der Waals surface area (Å²) in [6.07, 6.45) is 5.21. The summed E-state index contributed by atoms with van der Waals surface area (Å²) in [4.78, 5) is 11.1. The van der Waals surface area contributed by atoms with Gasteiger partial charge < -0.3 is 0 Å². The lowest BCUT2D eigenvalue weighted by molar-refractivity contribution is 0.101. The number of benzene rings is 1. The van der Waals surface area contributed by atoms with Crippen molar-refractivity contribution in [3.05, 3.63) is 34.9 Å². The van der Waals surface area contributed by atoms with Crippen LogP contribution in [0.15, 0.2) is 18.2 Å². The second kappa shape index (κ2) is 3.23. The first-order chi connectivity index (χ1) is 5.65. The molecule has 12 heavy (non-hydrogen) atoms. The molecule has 0 N–H and O–H groups in total. The van der Waals surface area contributed by atoms with E-state index in [1.54, 1.807) is 13.0 Å². The number of hydrogen-bond donors (Lipinski definition) is 0.